The van der Waals surface area contributed by atoms with Gasteiger partial charge in [0, 0.05) is 27.9 Å². The summed E-state index contributed by atoms with van der Waals surface area (Å²) in [6, 6.07) is 5.88. The normalized spacial score (nSPS) is 19.4. The van der Waals surface area contributed by atoms with Gasteiger partial charge in [-0.3, -0.25) is 4.79 Å². The summed E-state index contributed by atoms with van der Waals surface area (Å²) in [7, 11) is 0. The zero-order chi connectivity index (χ0) is 16.6. The van der Waals surface area contributed by atoms with Crippen molar-refractivity contribution in [3.05, 3.63) is 56.8 Å². The van der Waals surface area contributed by atoms with Crippen LogP contribution in [0.1, 0.15) is 23.5 Å². The minimum atomic E-state index is -0.779. The number of pyridine rings is 1. The molecule has 0 radical (unpaired) electrons. The highest BCUT2D eigenvalue weighted by molar-refractivity contribution is 14.1. The number of aliphatic carboxylic acids is 1. The number of carboxylic acids is 1. The van der Waals surface area contributed by atoms with Gasteiger partial charge in [-0.05, 0) is 52.6 Å². The fourth-order valence-electron chi connectivity index (χ4n) is 2.45. The Bertz CT molecular complexity index is 752. The molecule has 0 amide bonds. The maximum absolute atomic E-state index is 13.7. The maximum atomic E-state index is 13.7. The number of hydrogen-bond acceptors (Lipinski definition) is 3. The lowest BCUT2D eigenvalue weighted by Gasteiger charge is -2.08. The molecule has 2 aromatic rings. The van der Waals surface area contributed by atoms with Crippen molar-refractivity contribution < 1.29 is 18.7 Å². The molecule has 120 valence electrons. The van der Waals surface area contributed by atoms with Gasteiger partial charge in [-0.1, -0.05) is 6.07 Å². The molecule has 1 heterocycles. The lowest BCUT2D eigenvalue weighted by Crippen LogP contribution is -2.05. The van der Waals surface area contributed by atoms with Crippen LogP contribution in [-0.2, 0) is 11.3 Å². The van der Waals surface area contributed by atoms with Crippen molar-refractivity contribution in [3.63, 3.8) is 0 Å². The molecule has 0 spiro atoms. The highest BCUT2D eigenvalue weighted by Crippen LogP contribution is 2.47. The predicted molar refractivity (Wildman–Crippen MR) is 89.1 cm³/mol. The summed E-state index contributed by atoms with van der Waals surface area (Å²) in [4.78, 5) is 15.1. The monoisotopic (exact) mass is 430 g/mol. The number of benzene rings is 1. The topological polar surface area (TPSA) is 62.2 Å². The van der Waals surface area contributed by atoms with Crippen molar-refractivity contribution in [2.45, 2.75) is 18.9 Å². The molecule has 0 aliphatic heterocycles. The van der Waals surface area contributed by atoms with Crippen molar-refractivity contribution in [2.24, 2.45) is 5.92 Å². The van der Waals surface area contributed by atoms with Crippen LogP contribution in [0.2, 0.25) is 0 Å². The Balaban J connectivity index is 1.63. The highest BCUT2D eigenvalue weighted by atomic mass is 127. The Kier molecular flexibility index (Phi) is 4.47. The van der Waals surface area contributed by atoms with Crippen molar-refractivity contribution in [1.82, 2.24) is 4.98 Å². The van der Waals surface area contributed by atoms with E-state index in [0.717, 1.165) is 11.6 Å². The second-order valence-corrected chi connectivity index (χ2v) is 6.64. The summed E-state index contributed by atoms with van der Waals surface area (Å²) in [5.41, 5.74) is 1.25. The summed E-state index contributed by atoms with van der Waals surface area (Å²) >= 11 is 1.81. The van der Waals surface area contributed by atoms with E-state index in [1.54, 1.807) is 12.3 Å². The fraction of sp³-hybridized carbons (Fsp3) is 0.250. The van der Waals surface area contributed by atoms with Crippen LogP contribution in [0.5, 0.6) is 0 Å². The van der Waals surface area contributed by atoms with E-state index in [4.69, 9.17) is 5.11 Å². The standard InChI is InChI=1S/C16H13F2IN2O2/c17-12-5-13(18)14(19)3-9(12)7-21-15-2-1-8(6-20-15)10-4-11(10)16(22)23/h1-3,5-6,10-11H,4,7H2,(H,20,21)(H,22,23)/t10-,11+/m1/s1. The van der Waals surface area contributed by atoms with Crippen molar-refractivity contribution >= 4 is 34.4 Å². The molecule has 0 unspecified atom stereocenters. The third-order valence-corrected chi connectivity index (χ3v) is 4.70. The lowest BCUT2D eigenvalue weighted by atomic mass is 10.1. The summed E-state index contributed by atoms with van der Waals surface area (Å²) in [6.45, 7) is 0.190. The number of aromatic nitrogens is 1. The van der Waals surface area contributed by atoms with E-state index >= 15 is 0 Å². The summed E-state index contributed by atoms with van der Waals surface area (Å²) < 4.78 is 27.2. The van der Waals surface area contributed by atoms with Crippen LogP contribution in [0.25, 0.3) is 0 Å². The molecule has 1 aromatic carbocycles. The van der Waals surface area contributed by atoms with Gasteiger partial charge in [-0.25, -0.2) is 13.8 Å². The molecule has 4 nitrogen and oxygen atoms in total. The Morgan fingerprint density at radius 2 is 2.13 bits per heavy atom. The van der Waals surface area contributed by atoms with Gasteiger partial charge in [0.1, 0.15) is 17.5 Å². The van der Waals surface area contributed by atoms with Gasteiger partial charge >= 0.3 is 5.97 Å². The summed E-state index contributed by atoms with van der Waals surface area (Å²) in [6.07, 6.45) is 2.28. The van der Waals surface area contributed by atoms with Gasteiger partial charge in [0.25, 0.3) is 0 Å². The molecule has 1 aromatic heterocycles. The van der Waals surface area contributed by atoms with Crippen LogP contribution < -0.4 is 5.32 Å². The molecule has 2 atom stereocenters. The molecule has 1 saturated carbocycles. The Morgan fingerprint density at radius 1 is 1.35 bits per heavy atom. The van der Waals surface area contributed by atoms with E-state index in [1.807, 2.05) is 28.7 Å². The average Bonchev–Trinajstić information content (AvgIpc) is 3.31. The number of rotatable bonds is 5. The first-order valence-electron chi connectivity index (χ1n) is 7.01. The SMILES string of the molecule is O=C(O)[C@H]1C[C@@H]1c1ccc(NCc2cc(I)c(F)cc2F)nc1. The van der Waals surface area contributed by atoms with Gasteiger partial charge < -0.3 is 10.4 Å². The number of halogens is 3. The number of nitrogens with zero attached hydrogens (tertiary/aromatic N) is 1. The molecule has 0 saturated heterocycles. The quantitative estimate of drug-likeness (QED) is 0.560. The molecule has 1 fully saturated rings. The number of carbonyl (C=O) groups is 1. The smallest absolute Gasteiger partial charge is 0.307 e. The molecule has 1 aliphatic carbocycles. The minimum absolute atomic E-state index is 0.0326. The van der Waals surface area contributed by atoms with Gasteiger partial charge in [0.15, 0.2) is 0 Å². The molecule has 7 heteroatoms. The lowest BCUT2D eigenvalue weighted by molar-refractivity contribution is -0.138. The first kappa shape index (κ1) is 16.1. The molecular weight excluding hydrogens is 417 g/mol. The Hall–Kier alpha value is -1.77. The highest BCUT2D eigenvalue weighted by Gasteiger charge is 2.44. The van der Waals surface area contributed by atoms with Gasteiger partial charge in [-0.2, -0.15) is 0 Å². The van der Waals surface area contributed by atoms with E-state index in [0.29, 0.717) is 21.4 Å². The van der Waals surface area contributed by atoms with Crippen LogP contribution in [0.3, 0.4) is 0 Å². The van der Waals surface area contributed by atoms with Crippen molar-refractivity contribution in [1.29, 1.82) is 0 Å². The van der Waals surface area contributed by atoms with Crippen LogP contribution in [0.15, 0.2) is 30.5 Å². The number of carboxylic acid groups (broad SMARTS) is 1. The molecule has 3 rings (SSSR count). The van der Waals surface area contributed by atoms with E-state index in [1.165, 1.54) is 6.07 Å². The number of hydrogen-bond donors (Lipinski definition) is 2. The van der Waals surface area contributed by atoms with Crippen molar-refractivity contribution in [2.75, 3.05) is 5.32 Å². The van der Waals surface area contributed by atoms with E-state index in [9.17, 15) is 13.6 Å². The molecule has 0 bridgehead atoms. The Labute approximate surface area is 145 Å². The van der Waals surface area contributed by atoms with E-state index < -0.39 is 17.6 Å². The molecule has 2 N–H and O–H groups in total. The van der Waals surface area contributed by atoms with Gasteiger partial charge in [0.05, 0.1) is 5.92 Å². The van der Waals surface area contributed by atoms with Gasteiger partial charge in [-0.15, -0.1) is 0 Å². The van der Waals surface area contributed by atoms with Crippen molar-refractivity contribution in [3.8, 4) is 0 Å². The Morgan fingerprint density at radius 3 is 2.74 bits per heavy atom. The van der Waals surface area contributed by atoms with Gasteiger partial charge in [0.2, 0.25) is 0 Å². The first-order valence-corrected chi connectivity index (χ1v) is 8.09. The fourth-order valence-corrected chi connectivity index (χ4v) is 2.98. The first-order chi connectivity index (χ1) is 11.0. The zero-order valence-electron chi connectivity index (χ0n) is 11.9. The van der Waals surface area contributed by atoms with Crippen LogP contribution in [0, 0.1) is 21.1 Å². The van der Waals surface area contributed by atoms with Crippen LogP contribution in [0.4, 0.5) is 14.6 Å². The second kappa shape index (κ2) is 6.38. The third-order valence-electron chi connectivity index (χ3n) is 3.87. The number of nitrogens with one attached hydrogen (secondary N) is 1. The molecule has 23 heavy (non-hydrogen) atoms. The summed E-state index contributed by atoms with van der Waals surface area (Å²) in [5, 5.41) is 11.9. The number of anilines is 1. The maximum Gasteiger partial charge on any atom is 0.307 e. The largest absolute Gasteiger partial charge is 0.481 e. The predicted octanol–water partition coefficient (Wildman–Crippen LogP) is 3.76. The zero-order valence-corrected chi connectivity index (χ0v) is 14.0. The molecular formula is C16H13F2IN2O2. The molecule has 1 aliphatic rings. The van der Waals surface area contributed by atoms with E-state index in [-0.39, 0.29) is 18.4 Å². The third kappa shape index (κ3) is 3.60. The average molecular weight is 430 g/mol. The minimum Gasteiger partial charge on any atom is -0.481 e. The van der Waals surface area contributed by atoms with E-state index in [2.05, 4.69) is 10.3 Å². The van der Waals surface area contributed by atoms with Crippen LogP contribution >= 0.6 is 22.6 Å². The second-order valence-electron chi connectivity index (χ2n) is 5.47. The van der Waals surface area contributed by atoms with Crippen LogP contribution in [-0.4, -0.2) is 16.1 Å². The summed E-state index contributed by atoms with van der Waals surface area (Å²) in [5.74, 6) is -1.68.